The van der Waals surface area contributed by atoms with Gasteiger partial charge in [0.25, 0.3) is 0 Å². The minimum absolute atomic E-state index is 0.448. The van der Waals surface area contributed by atoms with Crippen molar-refractivity contribution in [2.24, 2.45) is 5.92 Å². The molecule has 1 saturated carbocycles. The van der Waals surface area contributed by atoms with Crippen LogP contribution in [0.2, 0.25) is 0 Å². The molecule has 2 aromatic carbocycles. The van der Waals surface area contributed by atoms with Crippen LogP contribution in [-0.2, 0) is 0 Å². The van der Waals surface area contributed by atoms with E-state index in [0.29, 0.717) is 24.1 Å². The van der Waals surface area contributed by atoms with E-state index in [1.165, 1.54) is 37.0 Å². The maximum atomic E-state index is 9.05. The Morgan fingerprint density at radius 1 is 1.03 bits per heavy atom. The summed E-state index contributed by atoms with van der Waals surface area (Å²) in [4.78, 5) is 13.3. The Morgan fingerprint density at radius 3 is 2.55 bits per heavy atom. The van der Waals surface area contributed by atoms with Gasteiger partial charge in [0.05, 0.1) is 28.5 Å². The average molecular weight is 428 g/mol. The molecular weight excluding hydrogens is 406 g/mol. The lowest BCUT2D eigenvalue weighted by Crippen LogP contribution is -2.09. The van der Waals surface area contributed by atoms with E-state index in [9.17, 15) is 0 Å². The Labute approximate surface area is 184 Å². The number of benzene rings is 2. The first-order valence-corrected chi connectivity index (χ1v) is 11.2. The molecule has 2 heterocycles. The molecule has 0 spiro atoms. The zero-order valence-corrected chi connectivity index (χ0v) is 17.7. The molecule has 1 aliphatic carbocycles. The molecule has 7 heteroatoms. The van der Waals surface area contributed by atoms with Crippen molar-refractivity contribution in [1.82, 2.24) is 15.0 Å². The quantitative estimate of drug-likeness (QED) is 0.410. The van der Waals surface area contributed by atoms with Crippen molar-refractivity contribution in [2.75, 3.05) is 11.9 Å². The fourth-order valence-corrected chi connectivity index (χ4v) is 4.75. The average Bonchev–Trinajstić information content (AvgIpc) is 3.47. The molecule has 0 unspecified atom stereocenters. The third-order valence-electron chi connectivity index (χ3n) is 5.54. The molecule has 0 atom stereocenters. The highest BCUT2D eigenvalue weighted by atomic mass is 32.1. The van der Waals surface area contributed by atoms with Gasteiger partial charge in [-0.1, -0.05) is 36.3 Å². The number of thiazole rings is 1. The summed E-state index contributed by atoms with van der Waals surface area (Å²) in [5, 5.41) is 13.2. The van der Waals surface area contributed by atoms with Crippen LogP contribution in [0.15, 0.2) is 54.9 Å². The van der Waals surface area contributed by atoms with Gasteiger partial charge in [-0.25, -0.2) is 15.0 Å². The summed E-state index contributed by atoms with van der Waals surface area (Å²) >= 11 is 1.53. The van der Waals surface area contributed by atoms with Gasteiger partial charge in [-0.3, -0.25) is 0 Å². The normalized spacial score (nSPS) is 13.9. The van der Waals surface area contributed by atoms with Gasteiger partial charge in [0, 0.05) is 23.6 Å². The largest absolute Gasteiger partial charge is 0.463 e. The molecule has 0 amide bonds. The molecule has 154 valence electrons. The number of fused-ring (bicyclic) bond motifs is 1. The van der Waals surface area contributed by atoms with Gasteiger partial charge in [-0.2, -0.15) is 5.26 Å². The summed E-state index contributed by atoms with van der Waals surface area (Å²) in [5.74, 6) is 0.646. The van der Waals surface area contributed by atoms with Crippen molar-refractivity contribution in [3.05, 3.63) is 60.4 Å². The summed E-state index contributed by atoms with van der Waals surface area (Å²) in [6, 6.07) is 16.2. The Hall–Kier alpha value is -3.50. The zero-order chi connectivity index (χ0) is 21.0. The van der Waals surface area contributed by atoms with Crippen molar-refractivity contribution < 1.29 is 4.74 Å². The van der Waals surface area contributed by atoms with E-state index in [0.717, 1.165) is 32.2 Å². The van der Waals surface area contributed by atoms with E-state index >= 15 is 0 Å². The zero-order valence-electron chi connectivity index (χ0n) is 16.9. The van der Waals surface area contributed by atoms with Crippen LogP contribution in [0.25, 0.3) is 21.3 Å². The van der Waals surface area contributed by atoms with E-state index in [-0.39, 0.29) is 0 Å². The molecule has 6 nitrogen and oxygen atoms in total. The second-order valence-electron chi connectivity index (χ2n) is 7.73. The van der Waals surface area contributed by atoms with Gasteiger partial charge in [0.2, 0.25) is 0 Å². The first-order valence-electron chi connectivity index (χ1n) is 10.4. The van der Waals surface area contributed by atoms with Crippen LogP contribution in [0.1, 0.15) is 31.2 Å². The van der Waals surface area contributed by atoms with Crippen LogP contribution in [0.3, 0.4) is 0 Å². The number of nitrogens with zero attached hydrogens (tertiary/aromatic N) is 4. The molecule has 0 bridgehead atoms. The highest BCUT2D eigenvalue weighted by Crippen LogP contribution is 2.30. The van der Waals surface area contributed by atoms with Gasteiger partial charge >= 0.3 is 6.01 Å². The molecule has 0 aliphatic heterocycles. The highest BCUT2D eigenvalue weighted by Gasteiger charge is 2.16. The maximum Gasteiger partial charge on any atom is 0.316 e. The van der Waals surface area contributed by atoms with Crippen LogP contribution in [0.5, 0.6) is 6.01 Å². The highest BCUT2D eigenvalue weighted by molar-refractivity contribution is 7.22. The first-order chi connectivity index (χ1) is 15.3. The van der Waals surface area contributed by atoms with Gasteiger partial charge in [-0.05, 0) is 54.7 Å². The van der Waals surface area contributed by atoms with Crippen LogP contribution >= 0.6 is 11.3 Å². The van der Waals surface area contributed by atoms with E-state index < -0.39 is 0 Å². The minimum Gasteiger partial charge on any atom is -0.463 e. The summed E-state index contributed by atoms with van der Waals surface area (Å²) in [5.41, 5.74) is 4.46. The van der Waals surface area contributed by atoms with Crippen molar-refractivity contribution in [3.8, 4) is 23.2 Å². The molecule has 1 aliphatic rings. The standard InChI is InChI=1S/C24H21N5OS/c25-12-17-5-10-21-22(11-17)31-24(29-21)28-20-8-6-18(7-9-20)19-13-26-23(27-14-19)30-15-16-3-1-2-4-16/h5-11,13-14,16H,1-4,15H2,(H,28,29). The van der Waals surface area contributed by atoms with Crippen LogP contribution in [0.4, 0.5) is 10.8 Å². The monoisotopic (exact) mass is 427 g/mol. The molecule has 1 fully saturated rings. The van der Waals surface area contributed by atoms with Crippen LogP contribution in [-0.4, -0.2) is 21.6 Å². The van der Waals surface area contributed by atoms with Gasteiger partial charge < -0.3 is 10.1 Å². The number of hydrogen-bond acceptors (Lipinski definition) is 7. The summed E-state index contributed by atoms with van der Waals surface area (Å²) in [6.45, 7) is 0.712. The second-order valence-corrected chi connectivity index (χ2v) is 8.76. The fraction of sp³-hybridized carbons (Fsp3) is 0.250. The molecule has 5 rings (SSSR count). The molecule has 0 radical (unpaired) electrons. The number of aromatic nitrogens is 3. The van der Waals surface area contributed by atoms with E-state index in [2.05, 4.69) is 26.3 Å². The lowest BCUT2D eigenvalue weighted by molar-refractivity contribution is 0.234. The SMILES string of the molecule is N#Cc1ccc2nc(Nc3ccc(-c4cnc(OCC5CCCC5)nc4)cc3)sc2c1. The topological polar surface area (TPSA) is 83.7 Å². The van der Waals surface area contributed by atoms with Crippen LogP contribution < -0.4 is 10.1 Å². The van der Waals surface area contributed by atoms with E-state index in [1.54, 1.807) is 18.5 Å². The molecule has 1 N–H and O–H groups in total. The number of nitrogens with one attached hydrogen (secondary N) is 1. The Balaban J connectivity index is 1.24. The Kier molecular flexibility index (Phi) is 5.46. The van der Waals surface area contributed by atoms with Gasteiger partial charge in [0.15, 0.2) is 5.13 Å². The fourth-order valence-electron chi connectivity index (χ4n) is 3.83. The van der Waals surface area contributed by atoms with Crippen molar-refractivity contribution in [2.45, 2.75) is 25.7 Å². The third-order valence-corrected chi connectivity index (χ3v) is 6.47. The van der Waals surface area contributed by atoms with Gasteiger partial charge in [-0.15, -0.1) is 0 Å². The van der Waals surface area contributed by atoms with Gasteiger partial charge in [0.1, 0.15) is 0 Å². The lowest BCUT2D eigenvalue weighted by Gasteiger charge is -2.10. The minimum atomic E-state index is 0.448. The third kappa shape index (κ3) is 4.49. The number of nitriles is 1. The second kappa shape index (κ2) is 8.70. The molecule has 0 saturated heterocycles. The first kappa shape index (κ1) is 19.5. The number of rotatable bonds is 6. The van der Waals surface area contributed by atoms with Crippen molar-refractivity contribution in [1.29, 1.82) is 5.26 Å². The number of anilines is 2. The summed E-state index contributed by atoms with van der Waals surface area (Å²) in [6.07, 6.45) is 8.71. The van der Waals surface area contributed by atoms with E-state index in [1.807, 2.05) is 36.4 Å². The molecule has 2 aromatic heterocycles. The predicted molar refractivity (Wildman–Crippen MR) is 123 cm³/mol. The van der Waals surface area contributed by atoms with E-state index in [4.69, 9.17) is 10.00 Å². The summed E-state index contributed by atoms with van der Waals surface area (Å²) in [7, 11) is 0. The number of hydrogen-bond donors (Lipinski definition) is 1. The molecular formula is C24H21N5OS. The van der Waals surface area contributed by atoms with Crippen molar-refractivity contribution >= 4 is 32.4 Å². The lowest BCUT2D eigenvalue weighted by atomic mass is 10.1. The van der Waals surface area contributed by atoms with Crippen molar-refractivity contribution in [3.63, 3.8) is 0 Å². The van der Waals surface area contributed by atoms with Crippen LogP contribution in [0, 0.1) is 17.2 Å². The molecule has 4 aromatic rings. The predicted octanol–water partition coefficient (Wildman–Crippen LogP) is 5.94. The smallest absolute Gasteiger partial charge is 0.316 e. The Bertz CT molecular complexity index is 1220. The Morgan fingerprint density at radius 2 is 1.81 bits per heavy atom. The molecule has 31 heavy (non-hydrogen) atoms. The summed E-state index contributed by atoms with van der Waals surface area (Å²) < 4.78 is 6.74. The maximum absolute atomic E-state index is 9.05. The number of ether oxygens (including phenoxy) is 1.